The van der Waals surface area contributed by atoms with Crippen molar-refractivity contribution in [3.05, 3.63) is 108 Å². The van der Waals surface area contributed by atoms with E-state index < -0.39 is 21.2 Å². The van der Waals surface area contributed by atoms with Gasteiger partial charge in [-0.15, -0.1) is 0 Å². The van der Waals surface area contributed by atoms with Gasteiger partial charge in [0.1, 0.15) is 17.2 Å². The number of aromatic hydroxyl groups is 2. The van der Waals surface area contributed by atoms with Gasteiger partial charge in [0.2, 0.25) is 0 Å². The van der Waals surface area contributed by atoms with Gasteiger partial charge >= 0.3 is 21.2 Å². The first-order valence-electron chi connectivity index (χ1n) is 21.4. The largest absolute Gasteiger partial charge is 0.507 e. The second kappa shape index (κ2) is 20.1. The third-order valence-corrected chi connectivity index (χ3v) is 12.3. The standard InChI is InChI=1S/C17H22BNO4.2C15H18BNO3/c1-18(20)19-9-13(10-21-2)16-15(19)8-12-6-4-5-7-14(12)17(16)23-11-22-3;1-16(19)17-9-11(20-2)8-13-14(17)7-10-5-3-4-6-12(10)15(13)18;1-16(19)17-8-11(9-20-2)14-13(17)7-10-5-3-4-6-12(10)15(14)18/h4-8,13,20H,9-11H2,1-3H3;2*3-7,11,18-19H,8-9H2,1-2H3/t;2*11-/m.00/s1. The molecule has 330 valence electrons. The summed E-state index contributed by atoms with van der Waals surface area (Å²) in [6, 6.07) is 29.8. The molecule has 6 aromatic carbocycles. The maximum atomic E-state index is 10.6. The zero-order valence-corrected chi connectivity index (χ0v) is 37.2. The Morgan fingerprint density at radius 2 is 1.00 bits per heavy atom. The molecule has 13 nitrogen and oxygen atoms in total. The Morgan fingerprint density at radius 3 is 1.51 bits per heavy atom. The van der Waals surface area contributed by atoms with Crippen molar-refractivity contribution < 1.29 is 49.0 Å². The van der Waals surface area contributed by atoms with Crippen LogP contribution in [0.4, 0.5) is 17.1 Å². The van der Waals surface area contributed by atoms with Crippen molar-refractivity contribution in [2.24, 2.45) is 0 Å². The fraction of sp³-hybridized carbons (Fsp3) is 0.362. The molecule has 3 aliphatic rings. The molecule has 3 atom stereocenters. The Morgan fingerprint density at radius 1 is 0.556 bits per heavy atom. The zero-order chi connectivity index (χ0) is 44.9. The highest BCUT2D eigenvalue weighted by molar-refractivity contribution is 6.55. The Hall–Kier alpha value is -5.19. The minimum atomic E-state index is -0.618. The van der Waals surface area contributed by atoms with E-state index >= 15 is 0 Å². The van der Waals surface area contributed by atoms with Gasteiger partial charge in [0.15, 0.2) is 6.79 Å². The number of hydrogen-bond donors (Lipinski definition) is 5. The molecule has 1 unspecified atom stereocenters. The van der Waals surface area contributed by atoms with Crippen LogP contribution in [0.25, 0.3) is 32.3 Å². The number of ether oxygens (including phenoxy) is 5. The van der Waals surface area contributed by atoms with Gasteiger partial charge in [-0.3, -0.25) is 0 Å². The minimum absolute atomic E-state index is 0.0239. The molecular formula is C47H58B3N3O10. The Balaban J connectivity index is 0.000000142. The van der Waals surface area contributed by atoms with Crippen molar-refractivity contribution in [2.45, 2.75) is 44.8 Å². The number of hydrogen-bond acceptors (Lipinski definition) is 13. The van der Waals surface area contributed by atoms with Gasteiger partial charge in [-0.25, -0.2) is 0 Å². The summed E-state index contributed by atoms with van der Waals surface area (Å²) in [6.07, 6.45) is 0.635. The molecule has 0 fully saturated rings. The predicted octanol–water partition coefficient (Wildman–Crippen LogP) is 6.72. The summed E-state index contributed by atoms with van der Waals surface area (Å²) in [5.41, 5.74) is 5.62. The molecule has 0 aromatic heterocycles. The molecule has 6 aromatic rings. The lowest BCUT2D eigenvalue weighted by molar-refractivity contribution is 0.0511. The first kappa shape index (κ1) is 45.8. The van der Waals surface area contributed by atoms with Gasteiger partial charge < -0.3 is 63.4 Å². The van der Waals surface area contributed by atoms with E-state index in [1.165, 1.54) is 0 Å². The van der Waals surface area contributed by atoms with E-state index in [4.69, 9.17) is 23.7 Å². The number of methoxy groups -OCH3 is 4. The van der Waals surface area contributed by atoms with Crippen molar-refractivity contribution in [1.82, 2.24) is 0 Å². The lowest BCUT2D eigenvalue weighted by Gasteiger charge is -2.37. The minimum Gasteiger partial charge on any atom is -0.507 e. The number of phenols is 2. The van der Waals surface area contributed by atoms with Gasteiger partial charge in [-0.05, 0) is 54.8 Å². The molecule has 0 saturated heterocycles. The first-order chi connectivity index (χ1) is 30.4. The molecule has 3 aliphatic heterocycles. The second-order valence-corrected chi connectivity index (χ2v) is 16.5. The molecule has 0 spiro atoms. The van der Waals surface area contributed by atoms with Crippen LogP contribution in [0.15, 0.2) is 91.0 Å². The Bertz CT molecular complexity index is 2510. The van der Waals surface area contributed by atoms with E-state index in [0.29, 0.717) is 50.8 Å². The number of phenolic OH excluding ortho intramolecular Hbond substituents is 2. The van der Waals surface area contributed by atoms with E-state index in [-0.39, 0.29) is 24.7 Å². The Kier molecular flexibility index (Phi) is 14.6. The summed E-state index contributed by atoms with van der Waals surface area (Å²) in [5, 5.41) is 57.0. The van der Waals surface area contributed by atoms with Crippen LogP contribution < -0.4 is 19.2 Å². The maximum absolute atomic E-state index is 10.6. The highest BCUT2D eigenvalue weighted by Gasteiger charge is 2.37. The first-order valence-corrected chi connectivity index (χ1v) is 21.4. The molecule has 9 rings (SSSR count). The smallest absolute Gasteiger partial charge is 0.409 e. The van der Waals surface area contributed by atoms with Crippen LogP contribution in [0, 0.1) is 0 Å². The zero-order valence-electron chi connectivity index (χ0n) is 37.2. The van der Waals surface area contributed by atoms with Crippen LogP contribution in [0.1, 0.15) is 28.5 Å². The molecule has 5 N–H and O–H groups in total. The van der Waals surface area contributed by atoms with Crippen molar-refractivity contribution in [3.8, 4) is 17.2 Å². The number of rotatable bonds is 11. The van der Waals surface area contributed by atoms with Crippen LogP contribution >= 0.6 is 0 Å². The highest BCUT2D eigenvalue weighted by atomic mass is 16.7. The molecule has 0 saturated carbocycles. The monoisotopic (exact) mass is 857 g/mol. The van der Waals surface area contributed by atoms with Gasteiger partial charge in [-0.2, -0.15) is 0 Å². The summed E-state index contributed by atoms with van der Waals surface area (Å²) in [7, 11) is 4.86. The number of benzene rings is 6. The quantitative estimate of drug-likeness (QED) is 0.0692. The van der Waals surface area contributed by atoms with E-state index in [2.05, 4.69) is 18.2 Å². The molecule has 63 heavy (non-hydrogen) atoms. The van der Waals surface area contributed by atoms with Crippen LogP contribution in [0.5, 0.6) is 17.2 Å². The Labute approximate surface area is 370 Å². The van der Waals surface area contributed by atoms with Crippen molar-refractivity contribution in [1.29, 1.82) is 0 Å². The van der Waals surface area contributed by atoms with Gasteiger partial charge in [0.05, 0.1) is 19.3 Å². The third kappa shape index (κ3) is 9.25. The highest BCUT2D eigenvalue weighted by Crippen LogP contribution is 2.48. The molecule has 16 heteroatoms. The fourth-order valence-electron chi connectivity index (χ4n) is 9.36. The SMILES string of the molecule is COCOc1c2c(cc3ccccc13)N(B(C)O)CC2COC.COC[C@@H]1CN(B(C)O)c2cc3ccccc3c(O)c21.CO[C@H]1Cc2c(cc3ccccc3c2O)N(B(C)O)C1. The van der Waals surface area contributed by atoms with Gasteiger partial charge in [0.25, 0.3) is 0 Å². The average molecular weight is 857 g/mol. The van der Waals surface area contributed by atoms with Crippen molar-refractivity contribution in [2.75, 3.05) is 82.5 Å². The van der Waals surface area contributed by atoms with Gasteiger partial charge in [-0.1, -0.05) is 72.8 Å². The normalized spacial score (nSPS) is 17.4. The van der Waals surface area contributed by atoms with Crippen LogP contribution in [0.2, 0.25) is 20.5 Å². The number of fused-ring (bicyclic) bond motifs is 6. The fourth-order valence-corrected chi connectivity index (χ4v) is 9.36. The number of nitrogens with zero attached hydrogens (tertiary/aromatic N) is 3. The molecule has 0 bridgehead atoms. The molecule has 0 aliphatic carbocycles. The predicted molar refractivity (Wildman–Crippen MR) is 255 cm³/mol. The lowest BCUT2D eigenvalue weighted by Crippen LogP contribution is -2.47. The van der Waals surface area contributed by atoms with E-state index in [1.54, 1.807) is 48.9 Å². The maximum Gasteiger partial charge on any atom is 0.409 e. The van der Waals surface area contributed by atoms with Crippen LogP contribution in [-0.4, -0.2) is 121 Å². The molecular weight excluding hydrogens is 799 g/mol. The third-order valence-electron chi connectivity index (χ3n) is 12.3. The summed E-state index contributed by atoms with van der Waals surface area (Å²) < 4.78 is 27.1. The van der Waals surface area contributed by atoms with E-state index in [0.717, 1.165) is 71.8 Å². The molecule has 0 radical (unpaired) electrons. The summed E-state index contributed by atoms with van der Waals surface area (Å²) in [4.78, 5) is 5.77. The second-order valence-electron chi connectivity index (χ2n) is 16.5. The topological polar surface area (TPSA) is 157 Å². The summed E-state index contributed by atoms with van der Waals surface area (Å²) in [5.74, 6) is 1.66. The summed E-state index contributed by atoms with van der Waals surface area (Å²) in [6.45, 7) is 8.54. The van der Waals surface area contributed by atoms with Gasteiger partial charge in [0, 0.05) is 116 Å². The summed E-state index contributed by atoms with van der Waals surface area (Å²) >= 11 is 0. The average Bonchev–Trinajstić information content (AvgIpc) is 3.84. The van der Waals surface area contributed by atoms with Crippen LogP contribution in [0.3, 0.4) is 0 Å². The lowest BCUT2D eigenvalue weighted by atomic mass is 9.80. The van der Waals surface area contributed by atoms with E-state index in [1.807, 2.05) is 87.2 Å². The van der Waals surface area contributed by atoms with Crippen LogP contribution in [-0.2, 0) is 25.4 Å². The van der Waals surface area contributed by atoms with Crippen molar-refractivity contribution in [3.63, 3.8) is 0 Å². The molecule has 0 amide bonds. The number of anilines is 3. The van der Waals surface area contributed by atoms with E-state index in [9.17, 15) is 25.3 Å². The van der Waals surface area contributed by atoms with Crippen molar-refractivity contribution >= 4 is 70.5 Å². The molecule has 3 heterocycles.